The molecule has 37 heavy (non-hydrogen) atoms. The largest absolute Gasteiger partial charge is 0.389 e. The number of hydrogen-bond acceptors (Lipinski definition) is 5. The Hall–Kier alpha value is -2.88. The topological polar surface area (TPSA) is 93.7 Å². The molecule has 4 N–H and O–H groups in total. The molecule has 1 aliphatic heterocycles. The Bertz CT molecular complexity index is 1050. The normalized spacial score (nSPS) is 17.2. The van der Waals surface area contributed by atoms with Gasteiger partial charge in [-0.15, -0.1) is 0 Å². The van der Waals surface area contributed by atoms with Gasteiger partial charge >= 0.3 is 0 Å². The Morgan fingerprint density at radius 1 is 1.03 bits per heavy atom. The molecule has 202 valence electrons. The number of nitrogens with one attached hydrogen (secondary N) is 3. The Balaban J connectivity index is 1.86. The van der Waals surface area contributed by atoms with Gasteiger partial charge in [0.15, 0.2) is 0 Å². The summed E-state index contributed by atoms with van der Waals surface area (Å²) in [7, 11) is 0. The van der Waals surface area contributed by atoms with Crippen molar-refractivity contribution in [3.05, 3.63) is 70.3 Å². The quantitative estimate of drug-likeness (QED) is 0.369. The van der Waals surface area contributed by atoms with Crippen LogP contribution in [0.15, 0.2) is 36.4 Å². The lowest BCUT2D eigenvalue weighted by Crippen LogP contribution is -2.60. The van der Waals surface area contributed by atoms with E-state index in [0.29, 0.717) is 37.3 Å². The highest BCUT2D eigenvalue weighted by molar-refractivity contribution is 6.00. The zero-order chi connectivity index (χ0) is 26.9. The van der Waals surface area contributed by atoms with Crippen LogP contribution in [0.2, 0.25) is 0 Å². The third-order valence-corrected chi connectivity index (χ3v) is 6.45. The molecule has 7 nitrogen and oxygen atoms in total. The third-order valence-electron chi connectivity index (χ3n) is 6.45. The van der Waals surface area contributed by atoms with Crippen molar-refractivity contribution in [2.24, 2.45) is 0 Å². The molecule has 9 heteroatoms. The fourth-order valence-electron chi connectivity index (χ4n) is 4.76. The van der Waals surface area contributed by atoms with Crippen molar-refractivity contribution in [3.63, 3.8) is 0 Å². The number of nitrogens with zero attached hydrogens (tertiary/aromatic N) is 1. The molecule has 1 unspecified atom stereocenters. The SMILES string of the molecule is CCCN(CCC)C(=O)c1cc(C)cc(C(=O)N[C@@H](Cc2cc(F)cc(F)c2)C(O)[C@H]2CNCCN2)c1. The molecule has 0 aliphatic carbocycles. The number of rotatable bonds is 11. The number of amides is 2. The number of aryl methyl sites for hydroxylation is 1. The molecule has 0 bridgehead atoms. The smallest absolute Gasteiger partial charge is 0.253 e. The highest BCUT2D eigenvalue weighted by Crippen LogP contribution is 2.17. The molecule has 3 atom stereocenters. The lowest BCUT2D eigenvalue weighted by Gasteiger charge is -2.34. The van der Waals surface area contributed by atoms with E-state index >= 15 is 0 Å². The molecule has 0 radical (unpaired) electrons. The maximum absolute atomic E-state index is 13.9. The number of aliphatic hydroxyl groups is 1. The summed E-state index contributed by atoms with van der Waals surface area (Å²) < 4.78 is 27.7. The number of aliphatic hydroxyl groups excluding tert-OH is 1. The van der Waals surface area contributed by atoms with E-state index < -0.39 is 29.7 Å². The fourth-order valence-corrected chi connectivity index (χ4v) is 4.76. The molecule has 2 aromatic rings. The first kappa shape index (κ1) is 28.7. The highest BCUT2D eigenvalue weighted by Gasteiger charge is 2.31. The molecule has 1 aliphatic rings. The monoisotopic (exact) mass is 516 g/mol. The summed E-state index contributed by atoms with van der Waals surface area (Å²) >= 11 is 0. The Morgan fingerprint density at radius 3 is 2.27 bits per heavy atom. The van der Waals surface area contributed by atoms with Crippen molar-refractivity contribution in [1.29, 1.82) is 0 Å². The number of carbonyl (C=O) groups is 2. The lowest BCUT2D eigenvalue weighted by atomic mass is 9.94. The van der Waals surface area contributed by atoms with Crippen LogP contribution in [0.1, 0.15) is 58.5 Å². The van der Waals surface area contributed by atoms with Crippen LogP contribution in [0.4, 0.5) is 8.78 Å². The summed E-state index contributed by atoms with van der Waals surface area (Å²) in [5, 5.41) is 20.4. The van der Waals surface area contributed by atoms with Crippen LogP contribution in [-0.2, 0) is 6.42 Å². The first-order valence-corrected chi connectivity index (χ1v) is 13.0. The van der Waals surface area contributed by atoms with Crippen LogP contribution in [0.5, 0.6) is 0 Å². The first-order chi connectivity index (χ1) is 17.7. The van der Waals surface area contributed by atoms with E-state index in [4.69, 9.17) is 0 Å². The molecule has 3 rings (SSSR count). The second-order valence-corrected chi connectivity index (χ2v) is 9.70. The van der Waals surface area contributed by atoms with Crippen molar-refractivity contribution in [1.82, 2.24) is 20.9 Å². The van der Waals surface area contributed by atoms with Gasteiger partial charge in [-0.3, -0.25) is 9.59 Å². The molecule has 0 spiro atoms. The second kappa shape index (κ2) is 13.6. The summed E-state index contributed by atoms with van der Waals surface area (Å²) in [5.41, 5.74) is 1.79. The van der Waals surface area contributed by atoms with E-state index in [1.165, 1.54) is 12.1 Å². The van der Waals surface area contributed by atoms with Crippen molar-refractivity contribution in [3.8, 4) is 0 Å². The zero-order valence-corrected chi connectivity index (χ0v) is 21.8. The van der Waals surface area contributed by atoms with Crippen molar-refractivity contribution in [2.75, 3.05) is 32.7 Å². The van der Waals surface area contributed by atoms with Gasteiger partial charge in [-0.1, -0.05) is 13.8 Å². The van der Waals surface area contributed by atoms with Crippen molar-refractivity contribution in [2.45, 2.75) is 58.2 Å². The van der Waals surface area contributed by atoms with Crippen LogP contribution < -0.4 is 16.0 Å². The molecule has 1 fully saturated rings. The minimum absolute atomic E-state index is 0.0259. The van der Waals surface area contributed by atoms with E-state index in [9.17, 15) is 23.5 Å². The predicted octanol–water partition coefficient (Wildman–Crippen LogP) is 2.80. The molecule has 0 saturated carbocycles. The van der Waals surface area contributed by atoms with E-state index in [2.05, 4.69) is 16.0 Å². The molecule has 2 aromatic carbocycles. The average Bonchev–Trinajstić information content (AvgIpc) is 2.87. The number of carbonyl (C=O) groups excluding carboxylic acids is 2. The maximum atomic E-state index is 13.9. The van der Waals surface area contributed by atoms with Gasteiger partial charge in [0.1, 0.15) is 11.6 Å². The summed E-state index contributed by atoms with van der Waals surface area (Å²) in [4.78, 5) is 28.3. The van der Waals surface area contributed by atoms with Gasteiger partial charge in [-0.05, 0) is 67.6 Å². The van der Waals surface area contributed by atoms with Crippen molar-refractivity contribution >= 4 is 11.8 Å². The standard InChI is InChI=1S/C28H38F2N4O3/c1-4-8-34(9-5-2)28(37)21-11-18(3)10-20(15-21)27(36)33-24(26(35)25-17-31-6-7-32-25)14-19-12-22(29)16-23(30)13-19/h10-13,15-16,24-26,31-32,35H,4-9,14,17H2,1-3H3,(H,33,36)/t24-,25+,26?/m0/s1. The van der Waals surface area contributed by atoms with Gasteiger partial charge in [-0.2, -0.15) is 0 Å². The van der Waals surface area contributed by atoms with Gasteiger partial charge in [0.05, 0.1) is 12.1 Å². The van der Waals surface area contributed by atoms with Crippen LogP contribution in [0.25, 0.3) is 0 Å². The number of piperazine rings is 1. The molecule has 1 heterocycles. The summed E-state index contributed by atoms with van der Waals surface area (Å²) in [6, 6.07) is 6.99. The number of halogens is 2. The van der Waals surface area contributed by atoms with E-state index in [1.807, 2.05) is 20.8 Å². The van der Waals surface area contributed by atoms with Gasteiger partial charge in [0.2, 0.25) is 0 Å². The molecule has 2 amide bonds. The number of benzene rings is 2. The van der Waals surface area contributed by atoms with E-state index in [-0.39, 0.29) is 23.9 Å². The van der Waals surface area contributed by atoms with Crippen LogP contribution in [-0.4, -0.2) is 72.7 Å². The first-order valence-electron chi connectivity index (χ1n) is 13.0. The van der Waals surface area contributed by atoms with E-state index in [1.54, 1.807) is 23.1 Å². The van der Waals surface area contributed by atoms with E-state index in [0.717, 1.165) is 31.0 Å². The predicted molar refractivity (Wildman–Crippen MR) is 140 cm³/mol. The second-order valence-electron chi connectivity index (χ2n) is 9.70. The fraction of sp³-hybridized carbons (Fsp3) is 0.500. The highest BCUT2D eigenvalue weighted by atomic mass is 19.1. The zero-order valence-electron chi connectivity index (χ0n) is 21.8. The van der Waals surface area contributed by atoms with Gasteiger partial charge in [-0.25, -0.2) is 8.78 Å². The Morgan fingerprint density at radius 2 is 1.68 bits per heavy atom. The van der Waals surface area contributed by atoms with Crippen LogP contribution >= 0.6 is 0 Å². The third kappa shape index (κ3) is 8.05. The van der Waals surface area contributed by atoms with Crippen LogP contribution in [0, 0.1) is 18.6 Å². The molecular weight excluding hydrogens is 478 g/mol. The Kier molecular flexibility index (Phi) is 10.5. The maximum Gasteiger partial charge on any atom is 0.253 e. The van der Waals surface area contributed by atoms with Gasteiger partial charge in [0.25, 0.3) is 11.8 Å². The van der Waals surface area contributed by atoms with Gasteiger partial charge < -0.3 is 26.0 Å². The number of hydrogen-bond donors (Lipinski definition) is 4. The Labute approximate surface area is 217 Å². The lowest BCUT2D eigenvalue weighted by molar-refractivity contribution is 0.0675. The summed E-state index contributed by atoms with van der Waals surface area (Å²) in [6.45, 7) is 8.98. The molecular formula is C28H38F2N4O3. The average molecular weight is 517 g/mol. The minimum atomic E-state index is -1.03. The molecule has 0 aromatic heterocycles. The summed E-state index contributed by atoms with van der Waals surface area (Å²) in [6.07, 6.45) is 0.654. The van der Waals surface area contributed by atoms with Gasteiger partial charge in [0, 0.05) is 56.0 Å². The minimum Gasteiger partial charge on any atom is -0.389 e. The summed E-state index contributed by atoms with van der Waals surface area (Å²) in [5.74, 6) is -2.05. The van der Waals surface area contributed by atoms with Crippen LogP contribution in [0.3, 0.4) is 0 Å². The molecule has 1 saturated heterocycles. The van der Waals surface area contributed by atoms with Crippen molar-refractivity contribution < 1.29 is 23.5 Å².